The van der Waals surface area contributed by atoms with Gasteiger partial charge in [-0.2, -0.15) is 0 Å². The molecule has 0 fully saturated rings. The van der Waals surface area contributed by atoms with Gasteiger partial charge in [-0.05, 0) is 49.7 Å². The zero-order chi connectivity index (χ0) is 14.0. The van der Waals surface area contributed by atoms with Gasteiger partial charge < -0.3 is 11.1 Å². The van der Waals surface area contributed by atoms with Crippen LogP contribution in [0, 0.1) is 12.7 Å². The first-order chi connectivity index (χ1) is 8.97. The summed E-state index contributed by atoms with van der Waals surface area (Å²) < 4.78 is 13.7. The molecule has 2 aromatic carbocycles. The van der Waals surface area contributed by atoms with Crippen molar-refractivity contribution >= 4 is 22.8 Å². The third-order valence-corrected chi connectivity index (χ3v) is 2.83. The zero-order valence-electron chi connectivity index (χ0n) is 10.8. The lowest BCUT2D eigenvalue weighted by molar-refractivity contribution is 0.101. The van der Waals surface area contributed by atoms with Crippen LogP contribution >= 0.6 is 0 Å². The van der Waals surface area contributed by atoms with E-state index in [2.05, 4.69) is 5.32 Å². The summed E-state index contributed by atoms with van der Waals surface area (Å²) in [6, 6.07) is 9.89. The first-order valence-corrected chi connectivity index (χ1v) is 5.91. The van der Waals surface area contributed by atoms with E-state index in [-0.39, 0.29) is 11.6 Å². The molecule has 0 atom stereocenters. The Morgan fingerprint density at radius 2 is 1.95 bits per heavy atom. The van der Waals surface area contributed by atoms with Crippen molar-refractivity contribution < 1.29 is 9.18 Å². The molecular weight excluding hydrogens is 243 g/mol. The molecule has 98 valence electrons. The maximum absolute atomic E-state index is 13.7. The Balaban J connectivity index is 2.29. The summed E-state index contributed by atoms with van der Waals surface area (Å²) in [6.07, 6.45) is 0. The number of nitrogen functional groups attached to an aromatic ring is 1. The van der Waals surface area contributed by atoms with Crippen LogP contribution < -0.4 is 11.1 Å². The van der Waals surface area contributed by atoms with E-state index in [1.165, 1.54) is 13.0 Å². The number of aryl methyl sites for hydroxylation is 1. The SMILES string of the molecule is CC(=O)c1ccc(Nc2ccc(C)cc2F)cc1N. The van der Waals surface area contributed by atoms with Crippen LogP contribution in [0.5, 0.6) is 0 Å². The van der Waals surface area contributed by atoms with Gasteiger partial charge in [0.25, 0.3) is 0 Å². The number of ketones is 1. The van der Waals surface area contributed by atoms with Gasteiger partial charge in [-0.1, -0.05) is 6.07 Å². The van der Waals surface area contributed by atoms with Crippen LogP contribution in [-0.4, -0.2) is 5.78 Å². The number of carbonyl (C=O) groups excluding carboxylic acids is 1. The van der Waals surface area contributed by atoms with Crippen molar-refractivity contribution in [3.8, 4) is 0 Å². The van der Waals surface area contributed by atoms with Crippen molar-refractivity contribution in [2.24, 2.45) is 0 Å². The van der Waals surface area contributed by atoms with Crippen LogP contribution in [0.2, 0.25) is 0 Å². The molecule has 3 N–H and O–H groups in total. The van der Waals surface area contributed by atoms with Crippen molar-refractivity contribution in [1.29, 1.82) is 0 Å². The van der Waals surface area contributed by atoms with Crippen molar-refractivity contribution in [3.63, 3.8) is 0 Å². The summed E-state index contributed by atoms with van der Waals surface area (Å²) in [6.45, 7) is 3.28. The van der Waals surface area contributed by atoms with Gasteiger partial charge in [0.05, 0.1) is 5.69 Å². The molecule has 0 radical (unpaired) electrons. The van der Waals surface area contributed by atoms with Crippen LogP contribution in [0.15, 0.2) is 36.4 Å². The summed E-state index contributed by atoms with van der Waals surface area (Å²) in [4.78, 5) is 11.3. The predicted molar refractivity (Wildman–Crippen MR) is 75.3 cm³/mol. The lowest BCUT2D eigenvalue weighted by Gasteiger charge is -2.10. The van der Waals surface area contributed by atoms with E-state index in [0.29, 0.717) is 22.6 Å². The minimum atomic E-state index is -0.325. The smallest absolute Gasteiger partial charge is 0.161 e. The number of hydrogen-bond acceptors (Lipinski definition) is 3. The normalized spacial score (nSPS) is 10.3. The van der Waals surface area contributed by atoms with E-state index < -0.39 is 0 Å². The minimum Gasteiger partial charge on any atom is -0.398 e. The van der Waals surface area contributed by atoms with E-state index in [9.17, 15) is 9.18 Å². The molecule has 0 saturated carbocycles. The van der Waals surface area contributed by atoms with E-state index in [0.717, 1.165) is 5.56 Å². The van der Waals surface area contributed by atoms with Gasteiger partial charge in [0.15, 0.2) is 5.78 Å². The maximum Gasteiger partial charge on any atom is 0.161 e. The van der Waals surface area contributed by atoms with Crippen LogP contribution in [-0.2, 0) is 0 Å². The molecule has 0 saturated heterocycles. The average molecular weight is 258 g/mol. The van der Waals surface area contributed by atoms with Gasteiger partial charge >= 0.3 is 0 Å². The van der Waals surface area contributed by atoms with Crippen LogP contribution in [0.25, 0.3) is 0 Å². The third-order valence-electron chi connectivity index (χ3n) is 2.83. The average Bonchev–Trinajstić information content (AvgIpc) is 2.32. The Morgan fingerprint density at radius 1 is 1.21 bits per heavy atom. The standard InChI is InChI=1S/C15H15FN2O/c1-9-3-6-15(13(16)7-9)18-11-4-5-12(10(2)19)14(17)8-11/h3-8,18H,17H2,1-2H3. The Labute approximate surface area is 111 Å². The second kappa shape index (κ2) is 5.10. The summed E-state index contributed by atoms with van der Waals surface area (Å²) in [5.41, 5.74) is 8.51. The molecule has 4 heteroatoms. The minimum absolute atomic E-state index is 0.0921. The molecule has 0 spiro atoms. The summed E-state index contributed by atoms with van der Waals surface area (Å²) in [7, 11) is 0. The Kier molecular flexibility index (Phi) is 3.51. The number of nitrogens with two attached hydrogens (primary N) is 1. The molecule has 3 nitrogen and oxygen atoms in total. The quantitative estimate of drug-likeness (QED) is 0.652. The second-order valence-corrected chi connectivity index (χ2v) is 4.47. The number of hydrogen-bond donors (Lipinski definition) is 2. The fourth-order valence-corrected chi connectivity index (χ4v) is 1.84. The highest BCUT2D eigenvalue weighted by atomic mass is 19.1. The first kappa shape index (κ1) is 13.1. The monoisotopic (exact) mass is 258 g/mol. The van der Waals surface area contributed by atoms with E-state index >= 15 is 0 Å². The van der Waals surface area contributed by atoms with Gasteiger partial charge in [0.1, 0.15) is 5.82 Å². The predicted octanol–water partition coefficient (Wildman–Crippen LogP) is 3.66. The van der Waals surface area contributed by atoms with Gasteiger partial charge in [-0.15, -0.1) is 0 Å². The number of halogens is 1. The Morgan fingerprint density at radius 3 is 2.53 bits per heavy atom. The number of nitrogens with one attached hydrogen (secondary N) is 1. The molecule has 2 rings (SSSR count). The number of rotatable bonds is 3. The molecule has 0 aliphatic carbocycles. The van der Waals surface area contributed by atoms with Crippen molar-refractivity contribution in [3.05, 3.63) is 53.3 Å². The Hall–Kier alpha value is -2.36. The summed E-state index contributed by atoms with van der Waals surface area (Å²) >= 11 is 0. The van der Waals surface area contributed by atoms with Gasteiger partial charge in [-0.3, -0.25) is 4.79 Å². The number of carbonyl (C=O) groups is 1. The number of anilines is 3. The molecule has 0 aliphatic heterocycles. The topological polar surface area (TPSA) is 55.1 Å². The summed E-state index contributed by atoms with van der Waals surface area (Å²) in [5.74, 6) is -0.417. The lowest BCUT2D eigenvalue weighted by Crippen LogP contribution is -2.01. The van der Waals surface area contributed by atoms with Crippen LogP contribution in [0.3, 0.4) is 0 Å². The van der Waals surface area contributed by atoms with Crippen LogP contribution in [0.1, 0.15) is 22.8 Å². The highest BCUT2D eigenvalue weighted by molar-refractivity contribution is 5.99. The Bertz CT molecular complexity index is 638. The van der Waals surface area contributed by atoms with Gasteiger partial charge in [-0.25, -0.2) is 4.39 Å². The lowest BCUT2D eigenvalue weighted by atomic mass is 10.1. The molecule has 2 aromatic rings. The highest BCUT2D eigenvalue weighted by Crippen LogP contribution is 2.24. The van der Waals surface area contributed by atoms with E-state index in [1.54, 1.807) is 24.3 Å². The fraction of sp³-hybridized carbons (Fsp3) is 0.133. The van der Waals surface area contributed by atoms with E-state index in [1.807, 2.05) is 13.0 Å². The third kappa shape index (κ3) is 2.91. The van der Waals surface area contributed by atoms with E-state index in [4.69, 9.17) is 5.73 Å². The molecular formula is C15H15FN2O. The first-order valence-electron chi connectivity index (χ1n) is 5.91. The molecule has 0 aliphatic rings. The molecule has 0 bridgehead atoms. The van der Waals surface area contributed by atoms with Crippen molar-refractivity contribution in [2.75, 3.05) is 11.1 Å². The van der Waals surface area contributed by atoms with Gasteiger partial charge in [0, 0.05) is 16.9 Å². The highest BCUT2D eigenvalue weighted by Gasteiger charge is 2.07. The largest absolute Gasteiger partial charge is 0.398 e. The molecule has 0 unspecified atom stereocenters. The molecule has 0 aromatic heterocycles. The number of Topliss-reactive ketones (excluding diaryl/α,β-unsaturated/α-hetero) is 1. The summed E-state index contributed by atoms with van der Waals surface area (Å²) in [5, 5.41) is 2.94. The molecule has 0 heterocycles. The fourth-order valence-electron chi connectivity index (χ4n) is 1.84. The van der Waals surface area contributed by atoms with Gasteiger partial charge in [0.2, 0.25) is 0 Å². The molecule has 19 heavy (non-hydrogen) atoms. The van der Waals surface area contributed by atoms with Crippen LogP contribution in [0.4, 0.5) is 21.5 Å². The number of benzene rings is 2. The second-order valence-electron chi connectivity index (χ2n) is 4.47. The van der Waals surface area contributed by atoms with Crippen molar-refractivity contribution in [1.82, 2.24) is 0 Å². The van der Waals surface area contributed by atoms with Crippen molar-refractivity contribution in [2.45, 2.75) is 13.8 Å². The molecule has 0 amide bonds. The maximum atomic E-state index is 13.7. The zero-order valence-corrected chi connectivity index (χ0v) is 10.8.